The largest absolute Gasteiger partial charge is 0.326 e. The fourth-order valence-corrected chi connectivity index (χ4v) is 3.76. The van der Waals surface area contributed by atoms with Gasteiger partial charge < -0.3 is 5.32 Å². The Morgan fingerprint density at radius 2 is 1.39 bits per heavy atom. The number of fused-ring (bicyclic) bond motifs is 2. The first-order chi connectivity index (χ1) is 15.1. The average Bonchev–Trinajstić information content (AvgIpc) is 2.79. The Kier molecular flexibility index (Phi) is 6.57. The van der Waals surface area contributed by atoms with E-state index in [4.69, 9.17) is 0 Å². The van der Waals surface area contributed by atoms with Crippen molar-refractivity contribution in [1.82, 2.24) is 5.43 Å². The highest BCUT2D eigenvalue weighted by Gasteiger charge is 2.08. The third-order valence-electron chi connectivity index (χ3n) is 4.90. The summed E-state index contributed by atoms with van der Waals surface area (Å²) in [4.78, 5) is 24.2. The third-order valence-corrected chi connectivity index (χ3v) is 5.62. The van der Waals surface area contributed by atoms with Crippen LogP contribution in [0.25, 0.3) is 21.5 Å². The number of nitrogens with zero attached hydrogens (tertiary/aromatic N) is 1. The van der Waals surface area contributed by atoms with Gasteiger partial charge in [-0.15, -0.1) is 0 Å². The Morgan fingerprint density at radius 1 is 0.806 bits per heavy atom. The average molecular weight is 521 g/mol. The zero-order valence-corrected chi connectivity index (χ0v) is 18.8. The van der Waals surface area contributed by atoms with Crippen LogP contribution in [0.1, 0.15) is 18.4 Å². The van der Waals surface area contributed by atoms with Crippen molar-refractivity contribution in [3.05, 3.63) is 88.0 Å². The molecule has 4 aromatic carbocycles. The highest BCUT2D eigenvalue weighted by Crippen LogP contribution is 2.27. The van der Waals surface area contributed by atoms with Crippen LogP contribution < -0.4 is 10.7 Å². The number of amides is 2. The number of hydrazone groups is 1. The fraction of sp³-hybridized carbons (Fsp3) is 0.0800. The lowest BCUT2D eigenvalue weighted by atomic mass is 9.97. The molecule has 0 saturated carbocycles. The molecule has 0 unspecified atom stereocenters. The highest BCUT2D eigenvalue weighted by molar-refractivity contribution is 14.1. The maximum atomic E-state index is 12.2. The second kappa shape index (κ2) is 9.70. The van der Waals surface area contributed by atoms with Crippen molar-refractivity contribution in [2.45, 2.75) is 12.8 Å². The smallest absolute Gasteiger partial charge is 0.240 e. The molecule has 4 aromatic rings. The van der Waals surface area contributed by atoms with Gasteiger partial charge in [0.1, 0.15) is 0 Å². The summed E-state index contributed by atoms with van der Waals surface area (Å²) in [6.07, 6.45) is 1.82. The first-order valence-electron chi connectivity index (χ1n) is 9.88. The van der Waals surface area contributed by atoms with Crippen LogP contribution in [-0.4, -0.2) is 18.0 Å². The molecule has 2 amide bonds. The zero-order valence-electron chi connectivity index (χ0n) is 16.6. The van der Waals surface area contributed by atoms with Crippen molar-refractivity contribution in [2.75, 3.05) is 5.32 Å². The Morgan fingerprint density at radius 3 is 2.03 bits per heavy atom. The van der Waals surface area contributed by atoms with Crippen molar-refractivity contribution in [2.24, 2.45) is 5.10 Å². The van der Waals surface area contributed by atoms with Gasteiger partial charge in [-0.3, -0.25) is 9.59 Å². The summed E-state index contributed by atoms with van der Waals surface area (Å²) in [5, 5.41) is 11.3. The molecule has 0 saturated heterocycles. The predicted molar refractivity (Wildman–Crippen MR) is 134 cm³/mol. The van der Waals surface area contributed by atoms with Crippen LogP contribution in [0.2, 0.25) is 0 Å². The standard InChI is InChI=1S/C25H20IN3O2/c26-19-9-11-20(12-10-19)28-24(30)13-14-25(31)29-27-16-23-21-7-3-1-5-17(21)15-18-6-2-4-8-22(18)23/h1-12,15-16H,13-14H2,(H,28,30)(H,29,31). The predicted octanol–water partition coefficient (Wildman–Crippen LogP) is 5.47. The molecule has 0 aromatic heterocycles. The van der Waals surface area contributed by atoms with Gasteiger partial charge in [0.05, 0.1) is 6.21 Å². The Balaban J connectivity index is 1.40. The summed E-state index contributed by atoms with van der Waals surface area (Å²) < 4.78 is 1.09. The maximum Gasteiger partial charge on any atom is 0.240 e. The number of carbonyl (C=O) groups is 2. The van der Waals surface area contributed by atoms with E-state index in [2.05, 4.69) is 56.6 Å². The second-order valence-corrected chi connectivity index (χ2v) is 8.33. The number of benzene rings is 4. The van der Waals surface area contributed by atoms with Crippen molar-refractivity contribution in [1.29, 1.82) is 0 Å². The van der Waals surface area contributed by atoms with Crippen LogP contribution in [-0.2, 0) is 9.59 Å². The second-order valence-electron chi connectivity index (χ2n) is 7.08. The normalized spacial score (nSPS) is 11.1. The van der Waals surface area contributed by atoms with Gasteiger partial charge in [0.15, 0.2) is 0 Å². The van der Waals surface area contributed by atoms with E-state index < -0.39 is 0 Å². The minimum absolute atomic E-state index is 0.0594. The molecule has 6 heteroatoms. The Hall–Kier alpha value is -3.26. The van der Waals surface area contributed by atoms with E-state index in [1.807, 2.05) is 60.7 Å². The molecule has 31 heavy (non-hydrogen) atoms. The number of rotatable bonds is 6. The first-order valence-corrected chi connectivity index (χ1v) is 11.0. The van der Waals surface area contributed by atoms with E-state index in [1.54, 1.807) is 6.21 Å². The number of carbonyl (C=O) groups excluding carboxylic acids is 2. The molecule has 0 aliphatic carbocycles. The number of hydrogen-bond donors (Lipinski definition) is 2. The van der Waals surface area contributed by atoms with E-state index in [-0.39, 0.29) is 24.7 Å². The zero-order chi connectivity index (χ0) is 21.6. The number of nitrogens with one attached hydrogen (secondary N) is 2. The van der Waals surface area contributed by atoms with Gasteiger partial charge in [-0.2, -0.15) is 5.10 Å². The van der Waals surface area contributed by atoms with Crippen LogP contribution >= 0.6 is 22.6 Å². The van der Waals surface area contributed by atoms with Crippen molar-refractivity contribution in [3.63, 3.8) is 0 Å². The fourth-order valence-electron chi connectivity index (χ4n) is 3.40. The van der Waals surface area contributed by atoms with Crippen LogP contribution in [0, 0.1) is 3.57 Å². The molecule has 5 nitrogen and oxygen atoms in total. The van der Waals surface area contributed by atoms with Crippen LogP contribution in [0.15, 0.2) is 84.0 Å². The van der Waals surface area contributed by atoms with E-state index >= 15 is 0 Å². The summed E-state index contributed by atoms with van der Waals surface area (Å²) in [5.41, 5.74) is 4.20. The van der Waals surface area contributed by atoms with E-state index in [0.717, 1.165) is 30.7 Å². The molecule has 0 bridgehead atoms. The topological polar surface area (TPSA) is 70.6 Å². The minimum atomic E-state index is -0.307. The molecular weight excluding hydrogens is 501 g/mol. The van der Waals surface area contributed by atoms with Gasteiger partial charge in [0.2, 0.25) is 11.8 Å². The van der Waals surface area contributed by atoms with Crippen LogP contribution in [0.4, 0.5) is 5.69 Å². The highest BCUT2D eigenvalue weighted by atomic mass is 127. The maximum absolute atomic E-state index is 12.2. The lowest BCUT2D eigenvalue weighted by molar-refractivity contribution is -0.124. The molecule has 0 aliphatic heterocycles. The van der Waals surface area contributed by atoms with Crippen molar-refractivity contribution in [3.8, 4) is 0 Å². The SMILES string of the molecule is O=C(CCC(=O)Nc1ccc(I)cc1)NN=Cc1c2ccccc2cc2ccccc12. The summed E-state index contributed by atoms with van der Waals surface area (Å²) in [7, 11) is 0. The van der Waals surface area contributed by atoms with E-state index in [1.165, 1.54) is 0 Å². The van der Waals surface area contributed by atoms with Gasteiger partial charge in [-0.25, -0.2) is 5.43 Å². The number of halogens is 1. The van der Waals surface area contributed by atoms with Gasteiger partial charge >= 0.3 is 0 Å². The van der Waals surface area contributed by atoms with Gasteiger partial charge in [0.25, 0.3) is 0 Å². The summed E-state index contributed by atoms with van der Waals surface area (Å²) in [5.74, 6) is -0.515. The van der Waals surface area contributed by atoms with E-state index in [0.29, 0.717) is 5.69 Å². The van der Waals surface area contributed by atoms with Gasteiger partial charge in [-0.05, 0) is 74.5 Å². The first kappa shape index (κ1) is 21.0. The van der Waals surface area contributed by atoms with E-state index in [9.17, 15) is 9.59 Å². The quantitative estimate of drug-likeness (QED) is 0.153. The molecule has 0 aliphatic rings. The molecule has 0 spiro atoms. The molecule has 0 atom stereocenters. The lowest BCUT2D eigenvalue weighted by Gasteiger charge is -2.08. The molecule has 0 fully saturated rings. The summed E-state index contributed by atoms with van der Waals surface area (Å²) in [6, 6.07) is 25.8. The lowest BCUT2D eigenvalue weighted by Crippen LogP contribution is -2.20. The monoisotopic (exact) mass is 521 g/mol. The van der Waals surface area contributed by atoms with Crippen LogP contribution in [0.5, 0.6) is 0 Å². The molecule has 0 heterocycles. The molecule has 4 rings (SSSR count). The molecule has 154 valence electrons. The van der Waals surface area contributed by atoms with Crippen molar-refractivity contribution < 1.29 is 9.59 Å². The minimum Gasteiger partial charge on any atom is -0.326 e. The molecule has 2 N–H and O–H groups in total. The third kappa shape index (κ3) is 5.27. The number of hydrogen-bond acceptors (Lipinski definition) is 3. The number of anilines is 1. The van der Waals surface area contributed by atoms with Crippen molar-refractivity contribution >= 4 is 67.9 Å². The summed E-state index contributed by atoms with van der Waals surface area (Å²) >= 11 is 2.20. The van der Waals surface area contributed by atoms with Gasteiger partial charge in [0, 0.05) is 27.7 Å². The summed E-state index contributed by atoms with van der Waals surface area (Å²) in [6.45, 7) is 0. The Bertz CT molecular complexity index is 1230. The molecule has 0 radical (unpaired) electrons. The van der Waals surface area contributed by atoms with Crippen LogP contribution in [0.3, 0.4) is 0 Å². The van der Waals surface area contributed by atoms with Gasteiger partial charge in [-0.1, -0.05) is 48.5 Å². The Labute approximate surface area is 193 Å². The molecular formula is C25H20IN3O2.